The number of benzene rings is 2. The lowest BCUT2D eigenvalue weighted by atomic mass is 9.95. The summed E-state index contributed by atoms with van der Waals surface area (Å²) in [4.78, 5) is 28.8. The summed E-state index contributed by atoms with van der Waals surface area (Å²) in [7, 11) is 0. The molecule has 0 bridgehead atoms. The van der Waals surface area contributed by atoms with E-state index >= 15 is 0 Å². The standard InChI is InChI=1S/C23H21NO6/c1-14(25)21-19-13-29-23(28)20(19)24(30-21)12-17-6-4-15(5-7-17)2-3-16-8-10-18(11-9-16)22(26)27/h4-11,14,19-21,25H,12-13H2,1H3,(H,26,27)/t14-,19-,20-,21-/m0/s1. The fourth-order valence-corrected chi connectivity index (χ4v) is 3.73. The highest BCUT2D eigenvalue weighted by Crippen LogP contribution is 2.36. The molecule has 0 spiro atoms. The minimum atomic E-state index is -0.968. The Bertz CT molecular complexity index is 1000. The summed E-state index contributed by atoms with van der Waals surface area (Å²) >= 11 is 0. The Kier molecular flexibility index (Phi) is 5.55. The van der Waals surface area contributed by atoms with Gasteiger partial charge in [0.1, 0.15) is 12.1 Å². The fraction of sp³-hybridized carbons (Fsp3) is 0.304. The van der Waals surface area contributed by atoms with Gasteiger partial charge in [-0.15, -0.1) is 0 Å². The van der Waals surface area contributed by atoms with E-state index in [9.17, 15) is 14.7 Å². The van der Waals surface area contributed by atoms with Gasteiger partial charge in [0.25, 0.3) is 0 Å². The molecule has 154 valence electrons. The van der Waals surface area contributed by atoms with E-state index in [2.05, 4.69) is 11.8 Å². The summed E-state index contributed by atoms with van der Waals surface area (Å²) in [5.74, 6) is 4.59. The number of fused-ring (bicyclic) bond motifs is 1. The number of ether oxygens (including phenoxy) is 1. The molecule has 2 heterocycles. The number of nitrogens with zero attached hydrogens (tertiary/aromatic N) is 1. The molecular weight excluding hydrogens is 386 g/mol. The van der Waals surface area contributed by atoms with Crippen LogP contribution in [0.3, 0.4) is 0 Å². The molecule has 2 N–H and O–H groups in total. The van der Waals surface area contributed by atoms with Crippen molar-refractivity contribution < 1.29 is 29.4 Å². The van der Waals surface area contributed by atoms with Crippen molar-refractivity contribution in [3.05, 3.63) is 70.8 Å². The van der Waals surface area contributed by atoms with Crippen LogP contribution in [-0.4, -0.2) is 52.1 Å². The smallest absolute Gasteiger partial charge is 0.335 e. The van der Waals surface area contributed by atoms with Crippen molar-refractivity contribution in [1.29, 1.82) is 0 Å². The molecule has 0 aromatic heterocycles. The molecule has 2 aromatic rings. The van der Waals surface area contributed by atoms with E-state index in [1.807, 2.05) is 24.3 Å². The first-order chi connectivity index (χ1) is 14.4. The minimum Gasteiger partial charge on any atom is -0.478 e. The maximum atomic E-state index is 12.1. The molecule has 0 saturated carbocycles. The maximum Gasteiger partial charge on any atom is 0.335 e. The van der Waals surface area contributed by atoms with Crippen LogP contribution in [0.15, 0.2) is 48.5 Å². The van der Waals surface area contributed by atoms with E-state index in [1.165, 1.54) is 12.1 Å². The first-order valence-electron chi connectivity index (χ1n) is 9.65. The number of hydroxylamine groups is 2. The topological polar surface area (TPSA) is 96.3 Å². The van der Waals surface area contributed by atoms with Crippen LogP contribution in [-0.2, 0) is 20.9 Å². The van der Waals surface area contributed by atoms with E-state index in [4.69, 9.17) is 14.7 Å². The molecule has 30 heavy (non-hydrogen) atoms. The Balaban J connectivity index is 1.43. The van der Waals surface area contributed by atoms with Crippen LogP contribution in [0, 0.1) is 17.8 Å². The van der Waals surface area contributed by atoms with E-state index < -0.39 is 24.2 Å². The minimum absolute atomic E-state index is 0.171. The summed E-state index contributed by atoms with van der Waals surface area (Å²) in [6.07, 6.45) is -1.15. The molecule has 7 nitrogen and oxygen atoms in total. The number of hydrogen-bond acceptors (Lipinski definition) is 6. The number of esters is 1. The van der Waals surface area contributed by atoms with Gasteiger partial charge < -0.3 is 14.9 Å². The second-order valence-corrected chi connectivity index (χ2v) is 7.45. The molecule has 2 aliphatic heterocycles. The predicted octanol–water partition coefficient (Wildman–Crippen LogP) is 1.82. The largest absolute Gasteiger partial charge is 0.478 e. The molecule has 0 unspecified atom stereocenters. The monoisotopic (exact) mass is 407 g/mol. The molecule has 0 aliphatic carbocycles. The highest BCUT2D eigenvalue weighted by Gasteiger charge is 2.54. The van der Waals surface area contributed by atoms with Crippen LogP contribution in [0.1, 0.15) is 34.0 Å². The number of hydrogen-bond donors (Lipinski definition) is 2. The van der Waals surface area contributed by atoms with Gasteiger partial charge in [-0.25, -0.2) is 4.79 Å². The first kappa shape index (κ1) is 20.1. The lowest BCUT2D eigenvalue weighted by Crippen LogP contribution is -2.35. The lowest BCUT2D eigenvalue weighted by Gasteiger charge is -2.21. The van der Waals surface area contributed by atoms with Crippen molar-refractivity contribution >= 4 is 11.9 Å². The SMILES string of the molecule is C[C@H](O)[C@@H]1ON(Cc2ccc(C#Cc3ccc(C(=O)O)cc3)cc2)[C@@H]2C(=O)OC[C@H]12. The Hall–Kier alpha value is -3.18. The molecule has 2 saturated heterocycles. The van der Waals surface area contributed by atoms with Gasteiger partial charge in [-0.3, -0.25) is 9.63 Å². The average molecular weight is 407 g/mol. The van der Waals surface area contributed by atoms with Gasteiger partial charge in [0.2, 0.25) is 0 Å². The molecule has 0 amide bonds. The van der Waals surface area contributed by atoms with Crippen LogP contribution >= 0.6 is 0 Å². The van der Waals surface area contributed by atoms with Crippen LogP contribution in [0.5, 0.6) is 0 Å². The van der Waals surface area contributed by atoms with E-state index in [-0.39, 0.29) is 24.1 Å². The number of carbonyl (C=O) groups is 2. The Morgan fingerprint density at radius 3 is 2.30 bits per heavy atom. The van der Waals surface area contributed by atoms with Gasteiger partial charge in [-0.1, -0.05) is 24.0 Å². The normalized spacial score (nSPS) is 23.9. The van der Waals surface area contributed by atoms with Crippen LogP contribution in [0.2, 0.25) is 0 Å². The summed E-state index contributed by atoms with van der Waals surface area (Å²) in [5, 5.41) is 20.5. The third-order valence-corrected chi connectivity index (χ3v) is 5.31. The molecule has 0 radical (unpaired) electrons. The zero-order valence-corrected chi connectivity index (χ0v) is 16.3. The van der Waals surface area contributed by atoms with E-state index in [0.717, 1.165) is 16.7 Å². The highest BCUT2D eigenvalue weighted by atomic mass is 16.7. The van der Waals surface area contributed by atoms with E-state index in [1.54, 1.807) is 24.1 Å². The summed E-state index contributed by atoms with van der Waals surface area (Å²) in [5.41, 5.74) is 2.70. The number of carbonyl (C=O) groups excluding carboxylic acids is 1. The van der Waals surface area contributed by atoms with Gasteiger partial charge in [0.05, 0.1) is 30.7 Å². The second kappa shape index (κ2) is 8.28. The number of carboxylic acid groups (broad SMARTS) is 1. The third-order valence-electron chi connectivity index (χ3n) is 5.31. The van der Waals surface area contributed by atoms with Crippen LogP contribution in [0.4, 0.5) is 0 Å². The number of aliphatic hydroxyl groups excluding tert-OH is 1. The zero-order chi connectivity index (χ0) is 21.3. The summed E-state index contributed by atoms with van der Waals surface area (Å²) in [6, 6.07) is 13.5. The van der Waals surface area contributed by atoms with Crippen molar-refractivity contribution in [2.24, 2.45) is 5.92 Å². The number of aliphatic hydroxyl groups is 1. The van der Waals surface area contributed by atoms with Gasteiger partial charge in [-0.2, -0.15) is 5.06 Å². The molecule has 2 fully saturated rings. The first-order valence-corrected chi connectivity index (χ1v) is 9.65. The average Bonchev–Trinajstić information content (AvgIpc) is 3.29. The Morgan fingerprint density at radius 1 is 1.13 bits per heavy atom. The number of carboxylic acids is 1. The molecule has 7 heteroatoms. The summed E-state index contributed by atoms with van der Waals surface area (Å²) in [6.45, 7) is 2.30. The zero-order valence-electron chi connectivity index (χ0n) is 16.3. The van der Waals surface area contributed by atoms with Gasteiger partial charge in [-0.05, 0) is 48.9 Å². The van der Waals surface area contributed by atoms with Gasteiger partial charge in [0.15, 0.2) is 0 Å². The van der Waals surface area contributed by atoms with Crippen LogP contribution < -0.4 is 0 Å². The molecule has 4 rings (SSSR count). The number of aromatic carboxylic acids is 1. The second-order valence-electron chi connectivity index (χ2n) is 7.45. The van der Waals surface area contributed by atoms with Crippen molar-refractivity contribution in [3.63, 3.8) is 0 Å². The lowest BCUT2D eigenvalue weighted by molar-refractivity contribution is -0.202. The number of cyclic esters (lactones) is 1. The van der Waals surface area contributed by atoms with Gasteiger partial charge in [0, 0.05) is 11.1 Å². The predicted molar refractivity (Wildman–Crippen MR) is 106 cm³/mol. The third kappa shape index (κ3) is 4.07. The molecule has 4 atom stereocenters. The fourth-order valence-electron chi connectivity index (χ4n) is 3.73. The number of rotatable bonds is 4. The van der Waals surface area contributed by atoms with Crippen molar-refractivity contribution in [3.8, 4) is 11.8 Å². The van der Waals surface area contributed by atoms with Gasteiger partial charge >= 0.3 is 11.9 Å². The van der Waals surface area contributed by atoms with Crippen molar-refractivity contribution in [2.45, 2.75) is 31.7 Å². The molecule has 2 aliphatic rings. The molecule has 2 aromatic carbocycles. The van der Waals surface area contributed by atoms with Crippen LogP contribution in [0.25, 0.3) is 0 Å². The Labute approximate surface area is 173 Å². The summed E-state index contributed by atoms with van der Waals surface area (Å²) < 4.78 is 5.16. The van der Waals surface area contributed by atoms with E-state index in [0.29, 0.717) is 6.54 Å². The van der Waals surface area contributed by atoms with Crippen molar-refractivity contribution in [2.75, 3.05) is 6.61 Å². The van der Waals surface area contributed by atoms with Crippen molar-refractivity contribution in [1.82, 2.24) is 5.06 Å². The Morgan fingerprint density at radius 2 is 1.73 bits per heavy atom. The maximum absolute atomic E-state index is 12.1. The molecular formula is C23H21NO6. The quantitative estimate of drug-likeness (QED) is 0.590. The highest BCUT2D eigenvalue weighted by molar-refractivity contribution is 5.87.